The summed E-state index contributed by atoms with van der Waals surface area (Å²) in [5, 5.41) is 7.55. The molecule has 0 bridgehead atoms. The van der Waals surface area contributed by atoms with E-state index < -0.39 is 0 Å². The molecule has 1 aromatic carbocycles. The third-order valence-electron chi connectivity index (χ3n) is 3.68. The van der Waals surface area contributed by atoms with Gasteiger partial charge in [0.1, 0.15) is 0 Å². The summed E-state index contributed by atoms with van der Waals surface area (Å²) in [4.78, 5) is 4.05. The molecule has 124 valence electrons. The van der Waals surface area contributed by atoms with Crippen LogP contribution in [0.25, 0.3) is 22.8 Å². The molecule has 3 aromatic rings. The molecule has 0 saturated heterocycles. The van der Waals surface area contributed by atoms with Gasteiger partial charge in [0.15, 0.2) is 11.5 Å². The molecule has 0 unspecified atom stereocenters. The van der Waals surface area contributed by atoms with Gasteiger partial charge in [-0.25, -0.2) is 4.57 Å². The molecule has 24 heavy (non-hydrogen) atoms. The van der Waals surface area contributed by atoms with Crippen LogP contribution in [0.15, 0.2) is 42.7 Å². The summed E-state index contributed by atoms with van der Waals surface area (Å²) >= 11 is 0. The summed E-state index contributed by atoms with van der Waals surface area (Å²) in [6, 6.07) is 9.76. The lowest BCUT2D eigenvalue weighted by Gasteiger charge is -2.11. The summed E-state index contributed by atoms with van der Waals surface area (Å²) in [6.45, 7) is 5.09. The van der Waals surface area contributed by atoms with Crippen molar-refractivity contribution in [1.29, 1.82) is 0 Å². The maximum Gasteiger partial charge on any atom is 0.309 e. The SMILES string of the molecule is CCOc1ccc(-c2n[nH]c(-c3ccncc3)[n+]2C)cc1OCC. The summed E-state index contributed by atoms with van der Waals surface area (Å²) in [5.41, 5.74) is 1.99. The van der Waals surface area contributed by atoms with Crippen LogP contribution < -0.4 is 14.0 Å². The van der Waals surface area contributed by atoms with Crippen LogP contribution in [0.5, 0.6) is 11.5 Å². The molecule has 0 aliphatic rings. The molecule has 6 nitrogen and oxygen atoms in total. The van der Waals surface area contributed by atoms with Crippen molar-refractivity contribution in [3.05, 3.63) is 42.7 Å². The van der Waals surface area contributed by atoms with Gasteiger partial charge in [0.05, 0.1) is 31.4 Å². The van der Waals surface area contributed by atoms with Crippen molar-refractivity contribution in [2.24, 2.45) is 7.05 Å². The van der Waals surface area contributed by atoms with E-state index in [-0.39, 0.29) is 0 Å². The van der Waals surface area contributed by atoms with Gasteiger partial charge in [-0.05, 0) is 44.2 Å². The minimum atomic E-state index is 0.582. The standard InChI is InChI=1S/C18H20N4O2/c1-4-23-15-7-6-14(12-16(15)24-5-2)18-21-20-17(22(18)3)13-8-10-19-11-9-13/h6-12H,4-5H2,1-3H3/p+1. The smallest absolute Gasteiger partial charge is 0.309 e. The predicted molar refractivity (Wildman–Crippen MR) is 90.8 cm³/mol. The van der Waals surface area contributed by atoms with Gasteiger partial charge in [-0.2, -0.15) is 0 Å². The average Bonchev–Trinajstić information content (AvgIpc) is 2.99. The van der Waals surface area contributed by atoms with E-state index in [0.29, 0.717) is 13.2 Å². The lowest BCUT2D eigenvalue weighted by molar-refractivity contribution is -0.649. The van der Waals surface area contributed by atoms with Crippen LogP contribution in [0.2, 0.25) is 0 Å². The van der Waals surface area contributed by atoms with Crippen molar-refractivity contribution in [3.63, 3.8) is 0 Å². The van der Waals surface area contributed by atoms with E-state index in [1.54, 1.807) is 12.4 Å². The summed E-state index contributed by atoms with van der Waals surface area (Å²) < 4.78 is 13.3. The topological polar surface area (TPSA) is 63.9 Å². The Balaban J connectivity index is 2.00. The van der Waals surface area contributed by atoms with Crippen molar-refractivity contribution in [3.8, 4) is 34.3 Å². The molecule has 0 radical (unpaired) electrons. The Labute approximate surface area is 141 Å². The van der Waals surface area contributed by atoms with E-state index in [1.165, 1.54) is 0 Å². The second kappa shape index (κ2) is 7.12. The average molecular weight is 325 g/mol. The van der Waals surface area contributed by atoms with Crippen molar-refractivity contribution in [2.45, 2.75) is 13.8 Å². The second-order valence-corrected chi connectivity index (χ2v) is 5.22. The van der Waals surface area contributed by atoms with E-state index in [4.69, 9.17) is 9.47 Å². The van der Waals surface area contributed by atoms with Crippen LogP contribution in [-0.4, -0.2) is 28.4 Å². The van der Waals surface area contributed by atoms with Gasteiger partial charge in [0.2, 0.25) is 0 Å². The zero-order chi connectivity index (χ0) is 16.9. The summed E-state index contributed by atoms with van der Waals surface area (Å²) in [6.07, 6.45) is 3.53. The third kappa shape index (κ3) is 3.08. The van der Waals surface area contributed by atoms with Crippen LogP contribution in [-0.2, 0) is 7.05 Å². The Kier molecular flexibility index (Phi) is 4.74. The van der Waals surface area contributed by atoms with Gasteiger partial charge < -0.3 is 9.47 Å². The highest BCUT2D eigenvalue weighted by atomic mass is 16.5. The fraction of sp³-hybridized carbons (Fsp3) is 0.278. The fourth-order valence-electron chi connectivity index (χ4n) is 2.58. The van der Waals surface area contributed by atoms with Crippen LogP contribution in [0, 0.1) is 0 Å². The zero-order valence-electron chi connectivity index (χ0n) is 14.1. The predicted octanol–water partition coefficient (Wildman–Crippen LogP) is 2.76. The number of hydrogen-bond acceptors (Lipinski definition) is 4. The van der Waals surface area contributed by atoms with Crippen molar-refractivity contribution >= 4 is 0 Å². The largest absolute Gasteiger partial charge is 0.490 e. The van der Waals surface area contributed by atoms with Gasteiger partial charge in [-0.1, -0.05) is 0 Å². The highest BCUT2D eigenvalue weighted by Gasteiger charge is 2.21. The molecule has 6 heteroatoms. The van der Waals surface area contributed by atoms with E-state index in [2.05, 4.69) is 15.2 Å². The summed E-state index contributed by atoms with van der Waals surface area (Å²) in [7, 11) is 1.98. The zero-order valence-corrected chi connectivity index (χ0v) is 14.1. The number of aromatic nitrogens is 4. The monoisotopic (exact) mass is 325 g/mol. The Morgan fingerprint density at radius 3 is 2.38 bits per heavy atom. The first-order valence-electron chi connectivity index (χ1n) is 7.99. The van der Waals surface area contributed by atoms with Gasteiger partial charge in [-0.3, -0.25) is 4.98 Å². The van der Waals surface area contributed by atoms with E-state index in [1.807, 2.05) is 55.8 Å². The summed E-state index contributed by atoms with van der Waals surface area (Å²) in [5.74, 6) is 3.21. The highest BCUT2D eigenvalue weighted by molar-refractivity contribution is 5.60. The molecule has 0 aliphatic heterocycles. The molecule has 0 aliphatic carbocycles. The van der Waals surface area contributed by atoms with Crippen LogP contribution in [0.1, 0.15) is 13.8 Å². The molecule has 1 N–H and O–H groups in total. The molecular weight excluding hydrogens is 304 g/mol. The number of ether oxygens (including phenoxy) is 2. The van der Waals surface area contributed by atoms with Crippen LogP contribution in [0.3, 0.4) is 0 Å². The van der Waals surface area contributed by atoms with Gasteiger partial charge in [-0.15, -0.1) is 5.10 Å². The van der Waals surface area contributed by atoms with Crippen LogP contribution in [0.4, 0.5) is 0 Å². The van der Waals surface area contributed by atoms with E-state index in [9.17, 15) is 0 Å². The van der Waals surface area contributed by atoms with E-state index in [0.717, 1.165) is 34.3 Å². The molecule has 3 rings (SSSR count). The number of nitrogens with zero attached hydrogens (tertiary/aromatic N) is 3. The molecule has 2 aromatic heterocycles. The molecular formula is C18H21N4O2+. The Hall–Kier alpha value is -2.89. The first-order valence-corrected chi connectivity index (χ1v) is 7.99. The molecule has 0 amide bonds. The lowest BCUT2D eigenvalue weighted by atomic mass is 10.2. The van der Waals surface area contributed by atoms with Gasteiger partial charge in [0, 0.05) is 17.5 Å². The molecule has 0 spiro atoms. The van der Waals surface area contributed by atoms with Crippen molar-refractivity contribution in [2.75, 3.05) is 13.2 Å². The van der Waals surface area contributed by atoms with Gasteiger partial charge in [0.25, 0.3) is 5.82 Å². The Morgan fingerprint density at radius 1 is 0.958 bits per heavy atom. The third-order valence-corrected chi connectivity index (χ3v) is 3.68. The van der Waals surface area contributed by atoms with E-state index >= 15 is 0 Å². The van der Waals surface area contributed by atoms with Crippen molar-refractivity contribution < 1.29 is 14.0 Å². The number of nitrogens with one attached hydrogen (secondary N) is 1. The minimum Gasteiger partial charge on any atom is -0.490 e. The molecule has 0 saturated carbocycles. The second-order valence-electron chi connectivity index (χ2n) is 5.22. The first-order chi connectivity index (χ1) is 11.7. The Morgan fingerprint density at radius 2 is 1.67 bits per heavy atom. The Bertz CT molecular complexity index is 815. The molecule has 0 fully saturated rings. The minimum absolute atomic E-state index is 0.582. The normalized spacial score (nSPS) is 10.6. The number of hydrogen-bond donors (Lipinski definition) is 1. The number of rotatable bonds is 6. The van der Waals surface area contributed by atoms with Crippen LogP contribution >= 0.6 is 0 Å². The number of aromatic amines is 1. The number of H-pyrrole nitrogens is 1. The molecule has 0 atom stereocenters. The number of benzene rings is 1. The first kappa shape index (κ1) is 16.0. The maximum absolute atomic E-state index is 5.70. The van der Waals surface area contributed by atoms with Crippen molar-refractivity contribution in [1.82, 2.24) is 15.2 Å². The quantitative estimate of drug-likeness (QED) is 0.708. The molecule has 2 heterocycles. The number of pyridine rings is 1. The lowest BCUT2D eigenvalue weighted by Crippen LogP contribution is -2.31. The maximum atomic E-state index is 5.70. The highest BCUT2D eigenvalue weighted by Crippen LogP contribution is 2.31. The fourth-order valence-corrected chi connectivity index (χ4v) is 2.58. The van der Waals surface area contributed by atoms with Gasteiger partial charge >= 0.3 is 5.82 Å².